The molecule has 1 amide bonds. The van der Waals surface area contributed by atoms with Gasteiger partial charge in [0.25, 0.3) is 5.91 Å². The number of amides is 1. The number of halogens is 1. The van der Waals surface area contributed by atoms with Crippen molar-refractivity contribution in [3.63, 3.8) is 0 Å². The van der Waals surface area contributed by atoms with E-state index in [4.69, 9.17) is 0 Å². The number of aromatic amines is 1. The molecule has 0 fully saturated rings. The molecule has 0 spiro atoms. The van der Waals surface area contributed by atoms with Crippen LogP contribution in [0.15, 0.2) is 54.9 Å². The summed E-state index contributed by atoms with van der Waals surface area (Å²) in [5, 5.41) is 2.85. The fraction of sp³-hybridized carbons (Fsp3) is 0.182. The van der Waals surface area contributed by atoms with Crippen LogP contribution < -0.4 is 10.2 Å². The van der Waals surface area contributed by atoms with Gasteiger partial charge in [-0.05, 0) is 61.4 Å². The Balaban J connectivity index is 1.56. The molecular weight excluding hydrogens is 383 g/mol. The van der Waals surface area contributed by atoms with Crippen molar-refractivity contribution in [2.24, 2.45) is 0 Å². The number of nitrogens with zero attached hydrogens (tertiary/aromatic N) is 4. The molecule has 4 aromatic rings. The number of nitrogens with one attached hydrogen (secondary N) is 2. The van der Waals surface area contributed by atoms with Gasteiger partial charge in [0.1, 0.15) is 5.69 Å². The van der Waals surface area contributed by atoms with Gasteiger partial charge in [-0.2, -0.15) is 4.39 Å². The summed E-state index contributed by atoms with van der Waals surface area (Å²) in [5.74, 6) is -0.169. The Bertz CT molecular complexity index is 1220. The molecule has 0 saturated carbocycles. The van der Waals surface area contributed by atoms with Gasteiger partial charge < -0.3 is 15.2 Å². The molecular formula is C22H21FN6O. The Kier molecular flexibility index (Phi) is 5.14. The minimum atomic E-state index is -0.578. The number of rotatable bonds is 5. The molecule has 0 aliphatic carbocycles. The molecule has 0 unspecified atom stereocenters. The van der Waals surface area contributed by atoms with E-state index in [9.17, 15) is 9.18 Å². The number of carbonyl (C=O) groups is 1. The van der Waals surface area contributed by atoms with Gasteiger partial charge in [-0.1, -0.05) is 0 Å². The highest BCUT2D eigenvalue weighted by atomic mass is 19.1. The van der Waals surface area contributed by atoms with Crippen LogP contribution in [0.5, 0.6) is 0 Å². The van der Waals surface area contributed by atoms with E-state index >= 15 is 0 Å². The van der Waals surface area contributed by atoms with Gasteiger partial charge in [0, 0.05) is 37.2 Å². The van der Waals surface area contributed by atoms with E-state index < -0.39 is 5.95 Å². The molecule has 7 nitrogen and oxygen atoms in total. The Morgan fingerprint density at radius 3 is 2.53 bits per heavy atom. The highest BCUT2D eigenvalue weighted by Crippen LogP contribution is 2.23. The maximum absolute atomic E-state index is 13.4. The van der Waals surface area contributed by atoms with E-state index in [0.29, 0.717) is 22.9 Å². The molecule has 4 rings (SSSR count). The van der Waals surface area contributed by atoms with Crippen LogP contribution in [-0.2, 0) is 0 Å². The van der Waals surface area contributed by atoms with Crippen molar-refractivity contribution in [2.75, 3.05) is 17.3 Å². The van der Waals surface area contributed by atoms with E-state index in [-0.39, 0.29) is 11.6 Å². The highest BCUT2D eigenvalue weighted by molar-refractivity contribution is 6.04. The Hall–Kier alpha value is -3.81. The number of hydrogen-bond acceptors (Lipinski definition) is 5. The van der Waals surface area contributed by atoms with Crippen LogP contribution in [0.3, 0.4) is 0 Å². The van der Waals surface area contributed by atoms with Crippen molar-refractivity contribution in [1.29, 1.82) is 0 Å². The van der Waals surface area contributed by atoms with Crippen molar-refractivity contribution in [1.82, 2.24) is 19.9 Å². The van der Waals surface area contributed by atoms with Crippen molar-refractivity contribution < 1.29 is 9.18 Å². The summed E-state index contributed by atoms with van der Waals surface area (Å²) in [4.78, 5) is 30.3. The molecule has 0 bridgehead atoms. The zero-order chi connectivity index (χ0) is 21.3. The SMILES string of the molecule is CC(C)N(C)c1nc2ccc(NC(=O)c3cc(-c4ccnc(F)c4)ccn3)cc2[nH]1. The topological polar surface area (TPSA) is 86.8 Å². The monoisotopic (exact) mass is 404 g/mol. The second-order valence-electron chi connectivity index (χ2n) is 7.25. The predicted octanol–water partition coefficient (Wildman–Crippen LogP) is 4.26. The third kappa shape index (κ3) is 3.98. The third-order valence-corrected chi connectivity index (χ3v) is 4.89. The lowest BCUT2D eigenvalue weighted by atomic mass is 10.1. The summed E-state index contributed by atoms with van der Waals surface area (Å²) < 4.78 is 13.4. The standard InChI is InChI=1S/C22H21FN6O/c1-13(2)29(3)22-27-17-5-4-16(12-18(17)28-22)26-21(30)19-10-14(6-8-24-19)15-7-9-25-20(23)11-15/h4-13H,1-3H3,(H,26,30)(H,27,28). The lowest BCUT2D eigenvalue weighted by Gasteiger charge is -2.19. The van der Waals surface area contributed by atoms with E-state index in [1.807, 2.05) is 24.1 Å². The number of fused-ring (bicyclic) bond motifs is 1. The summed E-state index contributed by atoms with van der Waals surface area (Å²) in [7, 11) is 1.97. The number of anilines is 2. The van der Waals surface area contributed by atoms with Crippen molar-refractivity contribution in [3.8, 4) is 11.1 Å². The number of benzene rings is 1. The van der Waals surface area contributed by atoms with Gasteiger partial charge >= 0.3 is 0 Å². The molecule has 30 heavy (non-hydrogen) atoms. The summed E-state index contributed by atoms with van der Waals surface area (Å²) >= 11 is 0. The average molecular weight is 404 g/mol. The summed E-state index contributed by atoms with van der Waals surface area (Å²) in [6, 6.07) is 12.1. The van der Waals surface area contributed by atoms with Crippen LogP contribution in [0.25, 0.3) is 22.2 Å². The fourth-order valence-electron chi connectivity index (χ4n) is 3.00. The lowest BCUT2D eigenvalue weighted by molar-refractivity contribution is 0.102. The highest BCUT2D eigenvalue weighted by Gasteiger charge is 2.13. The van der Waals surface area contributed by atoms with Crippen molar-refractivity contribution in [2.45, 2.75) is 19.9 Å². The lowest BCUT2D eigenvalue weighted by Crippen LogP contribution is -2.26. The first kappa shape index (κ1) is 19.5. The Labute approximate surface area is 173 Å². The van der Waals surface area contributed by atoms with Crippen LogP contribution in [-0.4, -0.2) is 38.9 Å². The van der Waals surface area contributed by atoms with Crippen LogP contribution in [0.1, 0.15) is 24.3 Å². The van der Waals surface area contributed by atoms with Crippen LogP contribution in [0.2, 0.25) is 0 Å². The van der Waals surface area contributed by atoms with Crippen LogP contribution >= 0.6 is 0 Å². The number of aromatic nitrogens is 4. The van der Waals surface area contributed by atoms with Gasteiger partial charge in [-0.3, -0.25) is 9.78 Å². The molecule has 0 radical (unpaired) electrons. The number of imidazole rings is 1. The van der Waals surface area contributed by atoms with Crippen molar-refractivity contribution in [3.05, 3.63) is 66.5 Å². The number of carbonyl (C=O) groups excluding carboxylic acids is 1. The van der Waals surface area contributed by atoms with E-state index in [0.717, 1.165) is 17.0 Å². The van der Waals surface area contributed by atoms with Gasteiger partial charge in [0.2, 0.25) is 11.9 Å². The van der Waals surface area contributed by atoms with Gasteiger partial charge in [-0.15, -0.1) is 0 Å². The largest absolute Gasteiger partial charge is 0.343 e. The Morgan fingerprint density at radius 1 is 1.07 bits per heavy atom. The number of pyridine rings is 2. The minimum absolute atomic E-state index is 0.231. The fourth-order valence-corrected chi connectivity index (χ4v) is 3.00. The summed E-state index contributed by atoms with van der Waals surface area (Å²) in [5.41, 5.74) is 3.80. The van der Waals surface area contributed by atoms with E-state index in [2.05, 4.69) is 39.1 Å². The molecule has 0 aliphatic rings. The molecule has 2 N–H and O–H groups in total. The molecule has 0 saturated heterocycles. The first-order chi connectivity index (χ1) is 14.4. The maximum atomic E-state index is 13.4. The van der Waals surface area contributed by atoms with Crippen LogP contribution in [0.4, 0.5) is 16.0 Å². The first-order valence-electron chi connectivity index (χ1n) is 9.52. The molecule has 152 valence electrons. The predicted molar refractivity (Wildman–Crippen MR) is 115 cm³/mol. The molecule has 3 heterocycles. The van der Waals surface area contributed by atoms with Gasteiger partial charge in [0.05, 0.1) is 11.0 Å². The molecule has 1 aromatic carbocycles. The number of H-pyrrole nitrogens is 1. The molecule has 0 atom stereocenters. The minimum Gasteiger partial charge on any atom is -0.343 e. The quantitative estimate of drug-likeness (QED) is 0.486. The average Bonchev–Trinajstić information content (AvgIpc) is 3.16. The normalized spacial score (nSPS) is 11.1. The summed E-state index contributed by atoms with van der Waals surface area (Å²) in [6.45, 7) is 4.17. The van der Waals surface area contributed by atoms with E-state index in [1.54, 1.807) is 24.3 Å². The molecule has 0 aliphatic heterocycles. The van der Waals surface area contributed by atoms with Gasteiger partial charge in [0.15, 0.2) is 0 Å². The zero-order valence-electron chi connectivity index (χ0n) is 16.8. The maximum Gasteiger partial charge on any atom is 0.274 e. The van der Waals surface area contributed by atoms with Gasteiger partial charge in [-0.25, -0.2) is 9.97 Å². The molecule has 8 heteroatoms. The first-order valence-corrected chi connectivity index (χ1v) is 9.52. The Morgan fingerprint density at radius 2 is 1.80 bits per heavy atom. The summed E-state index contributed by atoms with van der Waals surface area (Å²) in [6.07, 6.45) is 2.91. The smallest absolute Gasteiger partial charge is 0.274 e. The van der Waals surface area contributed by atoms with E-state index in [1.165, 1.54) is 18.5 Å². The third-order valence-electron chi connectivity index (χ3n) is 4.89. The second kappa shape index (κ2) is 7.90. The van der Waals surface area contributed by atoms with Crippen molar-refractivity contribution >= 4 is 28.6 Å². The second-order valence-corrected chi connectivity index (χ2v) is 7.25. The number of hydrogen-bond donors (Lipinski definition) is 2. The van der Waals surface area contributed by atoms with Crippen LogP contribution in [0, 0.1) is 5.95 Å². The zero-order valence-corrected chi connectivity index (χ0v) is 16.8. The molecule has 3 aromatic heterocycles.